The highest BCUT2D eigenvalue weighted by atomic mass is 16.6. The molecule has 1 N–H and O–H groups in total. The summed E-state index contributed by atoms with van der Waals surface area (Å²) in [6.45, 7) is 7.96. The van der Waals surface area contributed by atoms with Crippen molar-refractivity contribution < 1.29 is 66.8 Å². The van der Waals surface area contributed by atoms with Crippen LogP contribution in [0.5, 0.6) is 0 Å². The van der Waals surface area contributed by atoms with Gasteiger partial charge in [0, 0.05) is 0 Å². The van der Waals surface area contributed by atoms with Gasteiger partial charge in [0.2, 0.25) is 0 Å². The Labute approximate surface area is 224 Å². The second kappa shape index (κ2) is 31.8. The summed E-state index contributed by atoms with van der Waals surface area (Å²) in [6.07, 6.45) is 0.240. The van der Waals surface area contributed by atoms with E-state index in [0.717, 1.165) is 0 Å². The first-order chi connectivity index (χ1) is 18.7. The van der Waals surface area contributed by atoms with Gasteiger partial charge in [0.1, 0.15) is 6.61 Å². The van der Waals surface area contributed by atoms with E-state index < -0.39 is 5.97 Å². The summed E-state index contributed by atoms with van der Waals surface area (Å²) in [7, 11) is 1.35. The second-order valence-electron chi connectivity index (χ2n) is 7.28. The third kappa shape index (κ3) is 32.6. The van der Waals surface area contributed by atoms with Gasteiger partial charge < -0.3 is 57.2 Å². The van der Waals surface area contributed by atoms with Gasteiger partial charge in [0.15, 0.2) is 0 Å². The number of methoxy groups -OCH3 is 1. The molecule has 14 nitrogen and oxygen atoms in total. The van der Waals surface area contributed by atoms with Gasteiger partial charge in [-0.05, 0) is 0 Å². The van der Waals surface area contributed by atoms with Crippen LogP contribution in [0.1, 0.15) is 6.42 Å². The summed E-state index contributed by atoms with van der Waals surface area (Å²) >= 11 is 0. The van der Waals surface area contributed by atoms with Crippen LogP contribution >= 0.6 is 0 Å². The maximum Gasteiger partial charge on any atom is 0.329 e. The van der Waals surface area contributed by atoms with Crippen LogP contribution in [0.25, 0.3) is 0 Å². The minimum absolute atomic E-state index is 0.239. The van der Waals surface area contributed by atoms with E-state index in [2.05, 4.69) is 4.74 Å². The predicted octanol–water partition coefficient (Wildman–Crippen LogP) is -0.200. The van der Waals surface area contributed by atoms with Gasteiger partial charge in [-0.1, -0.05) is 0 Å². The minimum atomic E-state index is -0.999. The fourth-order valence-electron chi connectivity index (χ4n) is 2.40. The van der Waals surface area contributed by atoms with Gasteiger partial charge in [0.05, 0.1) is 139 Å². The predicted molar refractivity (Wildman–Crippen MR) is 132 cm³/mol. The van der Waals surface area contributed by atoms with Crippen molar-refractivity contribution in [1.29, 1.82) is 0 Å². The van der Waals surface area contributed by atoms with Gasteiger partial charge in [-0.25, -0.2) is 4.79 Å². The zero-order valence-corrected chi connectivity index (χ0v) is 22.6. The van der Waals surface area contributed by atoms with Crippen molar-refractivity contribution in [3.63, 3.8) is 0 Å². The maximum absolute atomic E-state index is 10.9. The molecule has 0 saturated heterocycles. The molecule has 0 bridgehead atoms. The van der Waals surface area contributed by atoms with E-state index in [-0.39, 0.29) is 25.6 Å². The molecule has 0 aliphatic rings. The van der Waals surface area contributed by atoms with Gasteiger partial charge in [-0.3, -0.25) is 4.79 Å². The van der Waals surface area contributed by atoms with Crippen molar-refractivity contribution in [2.45, 2.75) is 6.42 Å². The Morgan fingerprint density at radius 2 is 0.658 bits per heavy atom. The van der Waals surface area contributed by atoms with Crippen molar-refractivity contribution in [2.24, 2.45) is 0 Å². The maximum atomic E-state index is 10.9. The molecule has 0 aliphatic carbocycles. The molecule has 14 heteroatoms. The minimum Gasteiger partial charge on any atom is -0.480 e. The number of ether oxygens (including phenoxy) is 11. The number of rotatable bonds is 32. The van der Waals surface area contributed by atoms with E-state index in [1.165, 1.54) is 7.11 Å². The fraction of sp³-hybridized carbons (Fsp3) is 0.917. The first-order valence-electron chi connectivity index (χ1n) is 12.7. The summed E-state index contributed by atoms with van der Waals surface area (Å²) in [6, 6.07) is 0. The molecule has 0 spiro atoms. The number of carboxylic acids is 1. The summed E-state index contributed by atoms with van der Waals surface area (Å²) in [5.41, 5.74) is 0. The van der Waals surface area contributed by atoms with Crippen LogP contribution in [0.2, 0.25) is 0 Å². The third-order valence-electron chi connectivity index (χ3n) is 4.25. The van der Waals surface area contributed by atoms with Crippen LogP contribution < -0.4 is 0 Å². The highest BCUT2D eigenvalue weighted by Gasteiger charge is 1.99. The van der Waals surface area contributed by atoms with E-state index in [9.17, 15) is 9.59 Å². The Kier molecular flexibility index (Phi) is 30.5. The average Bonchev–Trinajstić information content (AvgIpc) is 2.91. The largest absolute Gasteiger partial charge is 0.480 e. The first kappa shape index (κ1) is 36.5. The summed E-state index contributed by atoms with van der Waals surface area (Å²) < 4.78 is 57.5. The van der Waals surface area contributed by atoms with Gasteiger partial charge in [-0.15, -0.1) is 0 Å². The molecular weight excluding hydrogens is 512 g/mol. The fourth-order valence-corrected chi connectivity index (χ4v) is 2.40. The highest BCUT2D eigenvalue weighted by molar-refractivity contribution is 5.69. The van der Waals surface area contributed by atoms with Gasteiger partial charge >= 0.3 is 11.9 Å². The molecule has 0 heterocycles. The Bertz CT molecular complexity index is 509. The topological polar surface area (TPSA) is 156 Å². The molecule has 0 unspecified atom stereocenters. The van der Waals surface area contributed by atoms with Crippen LogP contribution in [0.15, 0.2) is 0 Å². The highest BCUT2D eigenvalue weighted by Crippen LogP contribution is 1.88. The smallest absolute Gasteiger partial charge is 0.329 e. The molecule has 0 aromatic heterocycles. The lowest BCUT2D eigenvalue weighted by atomic mass is 10.5. The van der Waals surface area contributed by atoms with Crippen molar-refractivity contribution in [3.05, 3.63) is 0 Å². The van der Waals surface area contributed by atoms with Gasteiger partial charge in [-0.2, -0.15) is 0 Å². The second-order valence-corrected chi connectivity index (χ2v) is 7.28. The van der Waals surface area contributed by atoms with Crippen LogP contribution in [-0.4, -0.2) is 156 Å². The zero-order valence-electron chi connectivity index (χ0n) is 22.6. The molecule has 0 radical (unpaired) electrons. The molecular formula is C24H46O14. The molecule has 226 valence electrons. The SMILES string of the molecule is COC(=O)CCOCCOCCOCCOCCOCCOCCOCCOCCOCCOCC(=O)O. The van der Waals surface area contributed by atoms with Gasteiger partial charge in [0.25, 0.3) is 0 Å². The van der Waals surface area contributed by atoms with E-state index in [4.69, 9.17) is 52.5 Å². The monoisotopic (exact) mass is 558 g/mol. The molecule has 0 aromatic carbocycles. The Morgan fingerprint density at radius 1 is 0.421 bits per heavy atom. The van der Waals surface area contributed by atoms with Crippen LogP contribution in [0.3, 0.4) is 0 Å². The Morgan fingerprint density at radius 3 is 0.895 bits per heavy atom. The van der Waals surface area contributed by atoms with Crippen molar-refractivity contribution in [2.75, 3.05) is 139 Å². The molecule has 0 rings (SSSR count). The number of carbonyl (C=O) groups is 2. The molecule has 0 atom stereocenters. The molecule has 0 aliphatic heterocycles. The number of aliphatic carboxylic acids is 1. The lowest BCUT2D eigenvalue weighted by Crippen LogP contribution is -2.15. The number of hydrogen-bond donors (Lipinski definition) is 1. The molecule has 38 heavy (non-hydrogen) atoms. The first-order valence-corrected chi connectivity index (χ1v) is 12.7. The van der Waals surface area contributed by atoms with Crippen LogP contribution in [0, 0.1) is 0 Å². The van der Waals surface area contributed by atoms with Crippen molar-refractivity contribution in [1.82, 2.24) is 0 Å². The number of carboxylic acid groups (broad SMARTS) is 1. The normalized spacial score (nSPS) is 11.2. The van der Waals surface area contributed by atoms with Crippen LogP contribution in [-0.2, 0) is 61.7 Å². The van der Waals surface area contributed by atoms with E-state index in [0.29, 0.717) is 119 Å². The van der Waals surface area contributed by atoms with Crippen molar-refractivity contribution in [3.8, 4) is 0 Å². The molecule has 0 aromatic rings. The van der Waals surface area contributed by atoms with Crippen molar-refractivity contribution >= 4 is 11.9 Å². The third-order valence-corrected chi connectivity index (χ3v) is 4.25. The summed E-state index contributed by atoms with van der Waals surface area (Å²) in [5, 5.41) is 8.40. The zero-order chi connectivity index (χ0) is 27.8. The average molecular weight is 559 g/mol. The number of carbonyl (C=O) groups excluding carboxylic acids is 1. The Hall–Kier alpha value is -1.46. The van der Waals surface area contributed by atoms with Crippen LogP contribution in [0.4, 0.5) is 0 Å². The lowest BCUT2D eigenvalue weighted by molar-refractivity contribution is -0.143. The lowest BCUT2D eigenvalue weighted by Gasteiger charge is -2.09. The molecule has 0 fully saturated rings. The van der Waals surface area contributed by atoms with E-state index in [1.807, 2.05) is 0 Å². The summed E-state index contributed by atoms with van der Waals surface area (Å²) in [4.78, 5) is 21.1. The van der Waals surface area contributed by atoms with E-state index >= 15 is 0 Å². The Balaban J connectivity index is 3.05. The number of esters is 1. The molecule has 0 saturated carbocycles. The van der Waals surface area contributed by atoms with E-state index in [1.54, 1.807) is 0 Å². The standard InChI is InChI=1S/C24H46O14/c1-28-24(27)2-3-29-4-5-30-6-7-31-8-9-32-10-11-33-12-13-34-14-15-35-16-17-36-18-19-37-20-21-38-22-23(25)26/h2-22H2,1H3,(H,25,26). The molecule has 0 amide bonds. The number of hydrogen-bond acceptors (Lipinski definition) is 13. The quantitative estimate of drug-likeness (QED) is 0.0855. The summed E-state index contributed by atoms with van der Waals surface area (Å²) in [5.74, 6) is -1.29.